The van der Waals surface area contributed by atoms with Crippen LogP contribution in [0.2, 0.25) is 0 Å². The summed E-state index contributed by atoms with van der Waals surface area (Å²) in [6.07, 6.45) is 2.26. The number of para-hydroxylation sites is 1. The summed E-state index contributed by atoms with van der Waals surface area (Å²) >= 11 is 0. The molecule has 20 heavy (non-hydrogen) atoms. The number of carbonyl (C=O) groups excluding carboxylic acids is 1. The molecule has 1 fully saturated rings. The van der Waals surface area contributed by atoms with Gasteiger partial charge in [0.25, 0.3) is 0 Å². The van der Waals surface area contributed by atoms with Crippen molar-refractivity contribution in [3.05, 3.63) is 29.8 Å². The fourth-order valence-corrected chi connectivity index (χ4v) is 2.89. The summed E-state index contributed by atoms with van der Waals surface area (Å²) in [5, 5.41) is 6.37. The average molecular weight is 275 g/mol. The number of nitrogens with zero attached hydrogens (tertiary/aromatic N) is 1. The van der Waals surface area contributed by atoms with Crippen LogP contribution in [0.5, 0.6) is 0 Å². The summed E-state index contributed by atoms with van der Waals surface area (Å²) in [4.78, 5) is 13.9. The first-order chi connectivity index (χ1) is 9.72. The van der Waals surface area contributed by atoms with Crippen LogP contribution >= 0.6 is 0 Å². The standard InChI is InChI=1S/C16H25N3O/c1-3-6-16(19-11-9-17-10-12-19)14-7-4-5-8-15(14)18-13(2)20/h4-5,7-8,16-17H,3,6,9-12H2,1-2H3,(H,18,20). The van der Waals surface area contributed by atoms with Crippen LogP contribution in [0.25, 0.3) is 0 Å². The second kappa shape index (κ2) is 7.41. The molecule has 0 aromatic heterocycles. The lowest BCUT2D eigenvalue weighted by Crippen LogP contribution is -2.45. The highest BCUT2D eigenvalue weighted by atomic mass is 16.1. The molecule has 4 nitrogen and oxygen atoms in total. The third-order valence-electron chi connectivity index (χ3n) is 3.78. The number of amides is 1. The number of carbonyl (C=O) groups is 1. The summed E-state index contributed by atoms with van der Waals surface area (Å²) in [5.41, 5.74) is 2.20. The lowest BCUT2D eigenvalue weighted by atomic mass is 9.98. The molecule has 1 saturated heterocycles. The van der Waals surface area contributed by atoms with E-state index in [1.54, 1.807) is 6.92 Å². The van der Waals surface area contributed by atoms with Crippen LogP contribution in [0.3, 0.4) is 0 Å². The van der Waals surface area contributed by atoms with E-state index < -0.39 is 0 Å². The van der Waals surface area contributed by atoms with Crippen molar-refractivity contribution >= 4 is 11.6 Å². The highest BCUT2D eigenvalue weighted by Crippen LogP contribution is 2.31. The average Bonchev–Trinajstić information content (AvgIpc) is 2.46. The van der Waals surface area contributed by atoms with Crippen molar-refractivity contribution in [2.75, 3.05) is 31.5 Å². The maximum Gasteiger partial charge on any atom is 0.221 e. The molecule has 1 aromatic carbocycles. The van der Waals surface area contributed by atoms with E-state index >= 15 is 0 Å². The van der Waals surface area contributed by atoms with E-state index in [2.05, 4.69) is 34.6 Å². The Balaban J connectivity index is 2.25. The minimum Gasteiger partial charge on any atom is -0.326 e. The molecule has 0 spiro atoms. The second-order valence-electron chi connectivity index (χ2n) is 5.36. The Morgan fingerprint density at radius 3 is 2.70 bits per heavy atom. The first-order valence-corrected chi connectivity index (χ1v) is 7.53. The molecule has 1 aliphatic rings. The normalized spacial score (nSPS) is 17.7. The van der Waals surface area contributed by atoms with E-state index in [-0.39, 0.29) is 5.91 Å². The van der Waals surface area contributed by atoms with Gasteiger partial charge < -0.3 is 10.6 Å². The van der Waals surface area contributed by atoms with Crippen molar-refractivity contribution in [1.29, 1.82) is 0 Å². The first-order valence-electron chi connectivity index (χ1n) is 7.53. The van der Waals surface area contributed by atoms with Crippen LogP contribution < -0.4 is 10.6 Å². The van der Waals surface area contributed by atoms with Crippen LogP contribution in [0.15, 0.2) is 24.3 Å². The van der Waals surface area contributed by atoms with Gasteiger partial charge in [-0.1, -0.05) is 31.5 Å². The van der Waals surface area contributed by atoms with E-state index in [4.69, 9.17) is 0 Å². The predicted molar refractivity (Wildman–Crippen MR) is 82.8 cm³/mol. The SMILES string of the molecule is CCCC(c1ccccc1NC(C)=O)N1CCNCC1. The van der Waals surface area contributed by atoms with Gasteiger partial charge >= 0.3 is 0 Å². The maximum absolute atomic E-state index is 11.4. The molecule has 1 aliphatic heterocycles. The summed E-state index contributed by atoms with van der Waals surface area (Å²) in [6, 6.07) is 8.58. The van der Waals surface area contributed by atoms with E-state index in [9.17, 15) is 4.79 Å². The molecular formula is C16H25N3O. The number of piperazine rings is 1. The molecule has 1 unspecified atom stereocenters. The molecule has 1 heterocycles. The molecule has 110 valence electrons. The third-order valence-corrected chi connectivity index (χ3v) is 3.78. The fourth-order valence-electron chi connectivity index (χ4n) is 2.89. The number of rotatable bonds is 5. The van der Waals surface area contributed by atoms with E-state index in [1.165, 1.54) is 5.56 Å². The second-order valence-corrected chi connectivity index (χ2v) is 5.36. The zero-order chi connectivity index (χ0) is 14.4. The lowest BCUT2D eigenvalue weighted by Gasteiger charge is -2.36. The Kier molecular flexibility index (Phi) is 5.56. The van der Waals surface area contributed by atoms with Crippen LogP contribution in [-0.2, 0) is 4.79 Å². The molecule has 0 bridgehead atoms. The Morgan fingerprint density at radius 1 is 1.35 bits per heavy atom. The number of anilines is 1. The monoisotopic (exact) mass is 275 g/mol. The quantitative estimate of drug-likeness (QED) is 0.867. The molecule has 1 aromatic rings. The highest BCUT2D eigenvalue weighted by Gasteiger charge is 2.23. The van der Waals surface area contributed by atoms with Crippen molar-refractivity contribution in [1.82, 2.24) is 10.2 Å². The van der Waals surface area contributed by atoms with Gasteiger partial charge in [0.1, 0.15) is 0 Å². The number of nitrogens with one attached hydrogen (secondary N) is 2. The van der Waals surface area contributed by atoms with Gasteiger partial charge in [-0.05, 0) is 18.1 Å². The van der Waals surface area contributed by atoms with Gasteiger partial charge in [0.15, 0.2) is 0 Å². The van der Waals surface area contributed by atoms with Crippen molar-refractivity contribution in [2.45, 2.75) is 32.7 Å². The lowest BCUT2D eigenvalue weighted by molar-refractivity contribution is -0.114. The van der Waals surface area contributed by atoms with Gasteiger partial charge in [-0.15, -0.1) is 0 Å². The van der Waals surface area contributed by atoms with Crippen molar-refractivity contribution < 1.29 is 4.79 Å². The number of hydrogen-bond acceptors (Lipinski definition) is 3. The van der Waals surface area contributed by atoms with Gasteiger partial charge in [0.2, 0.25) is 5.91 Å². The van der Waals surface area contributed by atoms with Crippen LogP contribution in [0, 0.1) is 0 Å². The Morgan fingerprint density at radius 2 is 2.05 bits per heavy atom. The van der Waals surface area contributed by atoms with Crippen LogP contribution in [0.1, 0.15) is 38.3 Å². The van der Waals surface area contributed by atoms with E-state index in [0.29, 0.717) is 6.04 Å². The molecule has 2 rings (SSSR count). The molecule has 2 N–H and O–H groups in total. The van der Waals surface area contributed by atoms with Gasteiger partial charge in [-0.2, -0.15) is 0 Å². The first kappa shape index (κ1) is 15.0. The summed E-state index contributed by atoms with van der Waals surface area (Å²) < 4.78 is 0. The zero-order valence-corrected chi connectivity index (χ0v) is 12.5. The zero-order valence-electron chi connectivity index (χ0n) is 12.5. The van der Waals surface area contributed by atoms with E-state index in [1.807, 2.05) is 12.1 Å². The molecule has 0 saturated carbocycles. The minimum atomic E-state index is -0.00647. The molecule has 1 atom stereocenters. The molecule has 4 heteroatoms. The highest BCUT2D eigenvalue weighted by molar-refractivity contribution is 5.89. The topological polar surface area (TPSA) is 44.4 Å². The third kappa shape index (κ3) is 3.81. The van der Waals surface area contributed by atoms with Gasteiger partial charge in [0.05, 0.1) is 0 Å². The Bertz CT molecular complexity index is 441. The smallest absolute Gasteiger partial charge is 0.221 e. The molecule has 0 aliphatic carbocycles. The van der Waals surface area contributed by atoms with Gasteiger partial charge in [-0.3, -0.25) is 9.69 Å². The molecular weight excluding hydrogens is 250 g/mol. The largest absolute Gasteiger partial charge is 0.326 e. The maximum atomic E-state index is 11.4. The van der Waals surface area contributed by atoms with Crippen molar-refractivity contribution in [3.63, 3.8) is 0 Å². The van der Waals surface area contributed by atoms with E-state index in [0.717, 1.165) is 44.7 Å². The van der Waals surface area contributed by atoms with Crippen molar-refractivity contribution in [2.24, 2.45) is 0 Å². The number of benzene rings is 1. The van der Waals surface area contributed by atoms with Crippen LogP contribution in [0.4, 0.5) is 5.69 Å². The fraction of sp³-hybridized carbons (Fsp3) is 0.562. The molecule has 1 amide bonds. The summed E-state index contributed by atoms with van der Waals surface area (Å²) in [7, 11) is 0. The summed E-state index contributed by atoms with van der Waals surface area (Å²) in [6.45, 7) is 8.01. The van der Waals surface area contributed by atoms with Crippen LogP contribution in [-0.4, -0.2) is 37.0 Å². The summed E-state index contributed by atoms with van der Waals surface area (Å²) in [5.74, 6) is -0.00647. The van der Waals surface area contributed by atoms with Gasteiger partial charge in [0, 0.05) is 44.8 Å². The number of hydrogen-bond donors (Lipinski definition) is 2. The Labute approximate surface area is 121 Å². The minimum absolute atomic E-state index is 0.00647. The van der Waals surface area contributed by atoms with Gasteiger partial charge in [-0.25, -0.2) is 0 Å². The van der Waals surface area contributed by atoms with Crippen molar-refractivity contribution in [3.8, 4) is 0 Å². The predicted octanol–water partition coefficient (Wildman–Crippen LogP) is 2.39. The Hall–Kier alpha value is -1.39. The molecule has 0 radical (unpaired) electrons.